The van der Waals surface area contributed by atoms with Gasteiger partial charge in [0, 0.05) is 18.4 Å². The van der Waals surface area contributed by atoms with Crippen LogP contribution in [0.1, 0.15) is 6.92 Å². The highest BCUT2D eigenvalue weighted by Crippen LogP contribution is 2.27. The Balaban J connectivity index is 1.56. The number of hydrogen-bond donors (Lipinski definition) is 0. The summed E-state index contributed by atoms with van der Waals surface area (Å²) in [6.45, 7) is 1.89. The van der Waals surface area contributed by atoms with E-state index in [0.717, 1.165) is 27.3 Å². The highest BCUT2D eigenvalue weighted by atomic mass is 16.7. The predicted molar refractivity (Wildman–Crippen MR) is 97.5 cm³/mol. The first-order valence-corrected chi connectivity index (χ1v) is 8.02. The zero-order valence-corrected chi connectivity index (χ0v) is 13.4. The quantitative estimate of drug-likeness (QED) is 0.457. The molecule has 1 radical (unpaired) electrons. The van der Waals surface area contributed by atoms with E-state index < -0.39 is 6.29 Å². The first-order chi connectivity index (χ1) is 11.8. The van der Waals surface area contributed by atoms with Crippen LogP contribution in [0.4, 0.5) is 0 Å². The molecular weight excluding hydrogens is 296 g/mol. The third-order valence-corrected chi connectivity index (χ3v) is 3.97. The lowest BCUT2D eigenvalue weighted by atomic mass is 10.1. The zero-order valence-electron chi connectivity index (χ0n) is 13.4. The Morgan fingerprint density at radius 2 is 1.46 bits per heavy atom. The van der Waals surface area contributed by atoms with Crippen molar-refractivity contribution < 1.29 is 9.47 Å². The topological polar surface area (TPSA) is 18.5 Å². The molecule has 1 unspecified atom stereocenters. The summed E-state index contributed by atoms with van der Waals surface area (Å²) in [6.07, 6.45) is -0.409. The third kappa shape index (κ3) is 2.91. The van der Waals surface area contributed by atoms with Crippen molar-refractivity contribution in [3.05, 3.63) is 84.9 Å². The summed E-state index contributed by atoms with van der Waals surface area (Å²) < 4.78 is 11.9. The van der Waals surface area contributed by atoms with Crippen LogP contribution in [-0.2, 0) is 0 Å². The molecule has 24 heavy (non-hydrogen) atoms. The molecule has 117 valence electrons. The van der Waals surface area contributed by atoms with Crippen molar-refractivity contribution >= 4 is 21.5 Å². The maximum Gasteiger partial charge on any atom is 0.238 e. The Morgan fingerprint density at radius 3 is 2.38 bits per heavy atom. The molecule has 2 nitrogen and oxygen atoms in total. The minimum Gasteiger partial charge on any atom is -0.455 e. The molecule has 0 heterocycles. The number of rotatable bonds is 4. The van der Waals surface area contributed by atoms with E-state index in [1.54, 1.807) is 0 Å². The summed E-state index contributed by atoms with van der Waals surface area (Å²) in [5.41, 5.74) is 0. The fraction of sp³-hybridized carbons (Fsp3) is 0.0909. The fourth-order valence-corrected chi connectivity index (χ4v) is 2.84. The van der Waals surface area contributed by atoms with Crippen molar-refractivity contribution in [3.8, 4) is 11.5 Å². The van der Waals surface area contributed by atoms with Gasteiger partial charge in [-0.15, -0.1) is 0 Å². The van der Waals surface area contributed by atoms with Gasteiger partial charge in [-0.2, -0.15) is 0 Å². The molecule has 0 N–H and O–H groups in total. The molecule has 0 saturated heterocycles. The van der Waals surface area contributed by atoms with Crippen LogP contribution in [0.15, 0.2) is 78.9 Å². The Hall–Kier alpha value is -3.00. The average molecular weight is 313 g/mol. The van der Waals surface area contributed by atoms with Crippen LogP contribution >= 0.6 is 0 Å². The van der Waals surface area contributed by atoms with Gasteiger partial charge < -0.3 is 9.47 Å². The smallest absolute Gasteiger partial charge is 0.238 e. The second-order valence-electron chi connectivity index (χ2n) is 5.69. The Morgan fingerprint density at radius 1 is 0.708 bits per heavy atom. The fourth-order valence-electron chi connectivity index (χ4n) is 2.84. The molecule has 0 bridgehead atoms. The second-order valence-corrected chi connectivity index (χ2v) is 5.69. The lowest BCUT2D eigenvalue weighted by Crippen LogP contribution is -2.19. The first-order valence-electron chi connectivity index (χ1n) is 8.02. The second kappa shape index (κ2) is 6.25. The summed E-state index contributed by atoms with van der Waals surface area (Å²) in [6, 6.07) is 29.5. The number of ether oxygens (including phenoxy) is 2. The molecule has 0 aliphatic carbocycles. The van der Waals surface area contributed by atoms with Gasteiger partial charge in [0.25, 0.3) is 0 Å². The van der Waals surface area contributed by atoms with Crippen LogP contribution in [0.3, 0.4) is 0 Å². The van der Waals surface area contributed by atoms with E-state index in [2.05, 4.69) is 30.3 Å². The highest BCUT2D eigenvalue weighted by molar-refractivity contribution is 5.88. The van der Waals surface area contributed by atoms with E-state index in [1.165, 1.54) is 0 Å². The molecule has 1 atom stereocenters. The molecule has 0 amide bonds. The van der Waals surface area contributed by atoms with Crippen molar-refractivity contribution in [2.75, 3.05) is 0 Å². The van der Waals surface area contributed by atoms with Crippen molar-refractivity contribution in [2.24, 2.45) is 0 Å². The number of benzene rings is 4. The zero-order chi connectivity index (χ0) is 16.4. The van der Waals surface area contributed by atoms with E-state index in [4.69, 9.17) is 9.47 Å². The Labute approximate surface area is 141 Å². The summed E-state index contributed by atoms with van der Waals surface area (Å²) in [5.74, 6) is 1.50. The Bertz CT molecular complexity index is 986. The SMILES string of the molecule is CC(Oc1[c]c2ccccc2cc1)Oc1cccc2ccccc12. The largest absolute Gasteiger partial charge is 0.455 e. The molecule has 4 aromatic rings. The van der Waals surface area contributed by atoms with Gasteiger partial charge in [-0.05, 0) is 28.3 Å². The van der Waals surface area contributed by atoms with Gasteiger partial charge >= 0.3 is 0 Å². The number of fused-ring (bicyclic) bond motifs is 2. The molecule has 2 heteroatoms. The molecule has 0 saturated carbocycles. The molecule has 4 rings (SSSR count). The molecule has 0 fully saturated rings. The first kappa shape index (κ1) is 14.6. The maximum absolute atomic E-state index is 6.00. The van der Waals surface area contributed by atoms with Crippen LogP contribution in [0, 0.1) is 6.07 Å². The maximum atomic E-state index is 6.00. The minimum atomic E-state index is -0.409. The van der Waals surface area contributed by atoms with Crippen LogP contribution < -0.4 is 9.47 Å². The molecule has 0 aliphatic rings. The van der Waals surface area contributed by atoms with Crippen molar-refractivity contribution in [3.63, 3.8) is 0 Å². The van der Waals surface area contributed by atoms with Gasteiger partial charge in [-0.1, -0.05) is 66.7 Å². The van der Waals surface area contributed by atoms with Crippen LogP contribution in [0.5, 0.6) is 11.5 Å². The molecule has 0 spiro atoms. The van der Waals surface area contributed by atoms with Crippen molar-refractivity contribution in [1.29, 1.82) is 0 Å². The van der Waals surface area contributed by atoms with Crippen molar-refractivity contribution in [2.45, 2.75) is 13.2 Å². The number of hydrogen-bond acceptors (Lipinski definition) is 2. The summed E-state index contributed by atoms with van der Waals surface area (Å²) in [5, 5.41) is 4.41. The highest BCUT2D eigenvalue weighted by Gasteiger charge is 2.09. The van der Waals surface area contributed by atoms with Gasteiger partial charge in [0.1, 0.15) is 11.5 Å². The van der Waals surface area contributed by atoms with Crippen LogP contribution in [0.2, 0.25) is 0 Å². The van der Waals surface area contributed by atoms with Crippen LogP contribution in [-0.4, -0.2) is 6.29 Å². The monoisotopic (exact) mass is 313 g/mol. The third-order valence-electron chi connectivity index (χ3n) is 3.97. The predicted octanol–water partition coefficient (Wildman–Crippen LogP) is 5.60. The van der Waals surface area contributed by atoms with Crippen molar-refractivity contribution in [1.82, 2.24) is 0 Å². The Kier molecular flexibility index (Phi) is 3.80. The summed E-state index contributed by atoms with van der Waals surface area (Å²) in [7, 11) is 0. The average Bonchev–Trinajstić information content (AvgIpc) is 2.62. The summed E-state index contributed by atoms with van der Waals surface area (Å²) in [4.78, 5) is 0. The van der Waals surface area contributed by atoms with E-state index in [1.807, 2.05) is 61.5 Å². The van der Waals surface area contributed by atoms with Gasteiger partial charge in [0.05, 0.1) is 0 Å². The van der Waals surface area contributed by atoms with Gasteiger partial charge in [-0.3, -0.25) is 0 Å². The van der Waals surface area contributed by atoms with E-state index in [9.17, 15) is 0 Å². The molecule has 0 aromatic heterocycles. The summed E-state index contributed by atoms with van der Waals surface area (Å²) >= 11 is 0. The van der Waals surface area contributed by atoms with E-state index in [0.29, 0.717) is 5.75 Å². The van der Waals surface area contributed by atoms with Gasteiger partial charge in [0.15, 0.2) is 0 Å². The molecular formula is C22H17O2. The minimum absolute atomic E-state index is 0.409. The van der Waals surface area contributed by atoms with Gasteiger partial charge in [0.2, 0.25) is 6.29 Å². The molecule has 0 aliphatic heterocycles. The standard InChI is InChI=1S/C22H17O2/c1-16(23-20-14-13-17-7-2-3-9-19(17)15-20)24-22-12-6-10-18-8-4-5-11-21(18)22/h2-14,16H,1H3. The van der Waals surface area contributed by atoms with E-state index >= 15 is 0 Å². The lowest BCUT2D eigenvalue weighted by Gasteiger charge is -2.18. The van der Waals surface area contributed by atoms with Crippen LogP contribution in [0.25, 0.3) is 21.5 Å². The normalized spacial score (nSPS) is 12.2. The van der Waals surface area contributed by atoms with E-state index in [-0.39, 0.29) is 0 Å². The lowest BCUT2D eigenvalue weighted by molar-refractivity contribution is 0.0235. The molecule has 4 aromatic carbocycles. The van der Waals surface area contributed by atoms with Gasteiger partial charge in [-0.25, -0.2) is 0 Å².